The summed E-state index contributed by atoms with van der Waals surface area (Å²) >= 11 is 0. The lowest BCUT2D eigenvalue weighted by Crippen LogP contribution is -2.16. The van der Waals surface area contributed by atoms with Crippen molar-refractivity contribution in [3.8, 4) is 33.4 Å². The highest BCUT2D eigenvalue weighted by Gasteiger charge is 2.37. The molecule has 0 radical (unpaired) electrons. The van der Waals surface area contributed by atoms with Crippen LogP contribution in [-0.2, 0) is 5.41 Å². The topological polar surface area (TPSA) is 16.4 Å². The molecule has 260 valence electrons. The molecule has 1 heterocycles. The van der Waals surface area contributed by atoms with Gasteiger partial charge in [-0.25, -0.2) is 0 Å². The number of hydrogen-bond acceptors (Lipinski definition) is 2. The third-order valence-electron chi connectivity index (χ3n) is 11.9. The van der Waals surface area contributed by atoms with Crippen LogP contribution in [0.25, 0.3) is 76.9 Å². The van der Waals surface area contributed by atoms with E-state index >= 15 is 0 Å². The molecule has 0 spiro atoms. The van der Waals surface area contributed by atoms with Crippen LogP contribution in [0.3, 0.4) is 0 Å². The summed E-state index contributed by atoms with van der Waals surface area (Å²) in [5, 5.41) is 7.22. The van der Waals surface area contributed by atoms with Gasteiger partial charge in [0.2, 0.25) is 0 Å². The molecule has 2 heteroatoms. The second-order valence-corrected chi connectivity index (χ2v) is 15.3. The molecule has 0 saturated carbocycles. The van der Waals surface area contributed by atoms with Gasteiger partial charge in [-0.15, -0.1) is 0 Å². The minimum absolute atomic E-state index is 0.119. The number of anilines is 3. The SMILES string of the molecule is CC1(C)c2ccccc2-c2c(N(c3ccc(-c4cccc5cccc(-c6ccccc6)c45)cc3)c3ccc4c(c3)oc3ccc5ccccc5c34)cccc21. The van der Waals surface area contributed by atoms with E-state index in [1.54, 1.807) is 0 Å². The van der Waals surface area contributed by atoms with Crippen LogP contribution in [0.4, 0.5) is 17.1 Å². The highest BCUT2D eigenvalue weighted by Crippen LogP contribution is 2.54. The number of nitrogens with zero attached hydrogens (tertiary/aromatic N) is 1. The number of hydrogen-bond donors (Lipinski definition) is 0. The van der Waals surface area contributed by atoms with Crippen molar-refractivity contribution in [3.63, 3.8) is 0 Å². The van der Waals surface area contributed by atoms with Crippen LogP contribution in [0.2, 0.25) is 0 Å². The average molecular weight is 704 g/mol. The molecule has 0 amide bonds. The zero-order valence-corrected chi connectivity index (χ0v) is 30.8. The fourth-order valence-corrected chi connectivity index (χ4v) is 9.25. The minimum Gasteiger partial charge on any atom is -0.456 e. The molecule has 1 aromatic heterocycles. The van der Waals surface area contributed by atoms with E-state index in [2.05, 4.69) is 207 Å². The predicted octanol–water partition coefficient (Wildman–Crippen LogP) is 15.0. The molecular formula is C53H37NO. The molecule has 1 aliphatic rings. The molecule has 9 aromatic carbocycles. The summed E-state index contributed by atoms with van der Waals surface area (Å²) in [6, 6.07) is 68.3. The first-order chi connectivity index (χ1) is 27.0. The molecule has 11 rings (SSSR count). The van der Waals surface area contributed by atoms with Crippen LogP contribution in [0.5, 0.6) is 0 Å². The summed E-state index contributed by atoms with van der Waals surface area (Å²) in [6.45, 7) is 4.69. The van der Waals surface area contributed by atoms with E-state index in [1.807, 2.05) is 0 Å². The van der Waals surface area contributed by atoms with Gasteiger partial charge in [0.1, 0.15) is 11.2 Å². The van der Waals surface area contributed by atoms with Crippen LogP contribution in [-0.4, -0.2) is 0 Å². The van der Waals surface area contributed by atoms with Crippen molar-refractivity contribution in [2.75, 3.05) is 4.90 Å². The van der Waals surface area contributed by atoms with Gasteiger partial charge in [0.05, 0.1) is 5.69 Å². The van der Waals surface area contributed by atoms with Crippen LogP contribution in [0.15, 0.2) is 192 Å². The van der Waals surface area contributed by atoms with Crippen LogP contribution in [0.1, 0.15) is 25.0 Å². The third-order valence-corrected chi connectivity index (χ3v) is 11.9. The molecule has 1 aliphatic carbocycles. The largest absolute Gasteiger partial charge is 0.456 e. The summed E-state index contributed by atoms with van der Waals surface area (Å²) in [6.07, 6.45) is 0. The Hall–Kier alpha value is -6.90. The number of furan rings is 1. The monoisotopic (exact) mass is 703 g/mol. The quantitative estimate of drug-likeness (QED) is 0.177. The minimum atomic E-state index is -0.119. The first-order valence-corrected chi connectivity index (χ1v) is 19.1. The zero-order valence-electron chi connectivity index (χ0n) is 30.8. The molecule has 0 unspecified atom stereocenters. The Morgan fingerprint density at radius 1 is 0.418 bits per heavy atom. The molecule has 0 fully saturated rings. The predicted molar refractivity (Wildman–Crippen MR) is 232 cm³/mol. The van der Waals surface area contributed by atoms with E-state index in [0.29, 0.717) is 0 Å². The molecule has 10 aromatic rings. The second kappa shape index (κ2) is 12.1. The molecule has 0 atom stereocenters. The summed E-state index contributed by atoms with van der Waals surface area (Å²) in [5.41, 5.74) is 15.1. The molecule has 0 N–H and O–H groups in total. The van der Waals surface area contributed by atoms with Crippen molar-refractivity contribution in [2.24, 2.45) is 0 Å². The molecule has 0 aliphatic heterocycles. The van der Waals surface area contributed by atoms with Crippen molar-refractivity contribution in [1.29, 1.82) is 0 Å². The van der Waals surface area contributed by atoms with E-state index in [9.17, 15) is 0 Å². The average Bonchev–Trinajstić information content (AvgIpc) is 3.73. The third kappa shape index (κ3) is 4.81. The lowest BCUT2D eigenvalue weighted by Gasteiger charge is -2.29. The van der Waals surface area contributed by atoms with E-state index in [0.717, 1.165) is 39.0 Å². The molecule has 0 bridgehead atoms. The lowest BCUT2D eigenvalue weighted by molar-refractivity contribution is 0.660. The first kappa shape index (κ1) is 31.6. The Balaban J connectivity index is 1.12. The molecule has 2 nitrogen and oxygen atoms in total. The van der Waals surface area contributed by atoms with Crippen molar-refractivity contribution in [2.45, 2.75) is 19.3 Å². The smallest absolute Gasteiger partial charge is 0.137 e. The maximum atomic E-state index is 6.64. The Bertz CT molecular complexity index is 3110. The molecule has 0 saturated heterocycles. The zero-order chi connectivity index (χ0) is 36.7. The highest BCUT2D eigenvalue weighted by atomic mass is 16.3. The number of fused-ring (bicyclic) bond motifs is 9. The van der Waals surface area contributed by atoms with Crippen molar-refractivity contribution >= 4 is 60.5 Å². The maximum absolute atomic E-state index is 6.64. The fraction of sp³-hybridized carbons (Fsp3) is 0.0566. The van der Waals surface area contributed by atoms with Crippen LogP contribution in [0, 0.1) is 0 Å². The number of benzene rings is 9. The van der Waals surface area contributed by atoms with E-state index in [4.69, 9.17) is 4.42 Å². The van der Waals surface area contributed by atoms with Crippen LogP contribution < -0.4 is 4.90 Å². The lowest BCUT2D eigenvalue weighted by atomic mass is 9.82. The van der Waals surface area contributed by atoms with Crippen molar-refractivity contribution in [3.05, 3.63) is 199 Å². The molecule has 55 heavy (non-hydrogen) atoms. The summed E-state index contributed by atoms with van der Waals surface area (Å²) < 4.78 is 6.64. The van der Waals surface area contributed by atoms with E-state index in [-0.39, 0.29) is 5.41 Å². The van der Waals surface area contributed by atoms with Crippen LogP contribution >= 0.6 is 0 Å². The van der Waals surface area contributed by atoms with Gasteiger partial charge in [-0.05, 0) is 96.9 Å². The summed E-state index contributed by atoms with van der Waals surface area (Å²) in [5.74, 6) is 0. The standard InChI is InChI=1S/C53H37NO/c1-53(2)45-22-9-8-19-43(45)52-46(53)23-12-24-47(52)54(39-30-31-44-49(33-39)55-48-32-27-35-15-6-7-18-42(35)51(44)48)38-28-25-36(26-29-38)41-21-11-17-37-16-10-20-40(50(37)41)34-13-4-3-5-14-34/h3-33H,1-2H3. The number of rotatable bonds is 5. The summed E-state index contributed by atoms with van der Waals surface area (Å²) in [4.78, 5) is 2.42. The van der Waals surface area contributed by atoms with Gasteiger partial charge in [-0.2, -0.15) is 0 Å². The van der Waals surface area contributed by atoms with Gasteiger partial charge in [0.25, 0.3) is 0 Å². The van der Waals surface area contributed by atoms with E-state index < -0.39 is 0 Å². The van der Waals surface area contributed by atoms with E-state index in [1.165, 1.54) is 66.1 Å². The second-order valence-electron chi connectivity index (χ2n) is 15.3. The maximum Gasteiger partial charge on any atom is 0.137 e. The van der Waals surface area contributed by atoms with Gasteiger partial charge in [0.15, 0.2) is 0 Å². The summed E-state index contributed by atoms with van der Waals surface area (Å²) in [7, 11) is 0. The first-order valence-electron chi connectivity index (χ1n) is 19.1. The van der Waals surface area contributed by atoms with Gasteiger partial charge >= 0.3 is 0 Å². The van der Waals surface area contributed by atoms with Crippen molar-refractivity contribution in [1.82, 2.24) is 0 Å². The fourth-order valence-electron chi connectivity index (χ4n) is 9.25. The Labute approximate surface area is 320 Å². The Morgan fingerprint density at radius 2 is 1.05 bits per heavy atom. The van der Waals surface area contributed by atoms with Gasteiger partial charge in [0, 0.05) is 39.2 Å². The van der Waals surface area contributed by atoms with Gasteiger partial charge in [-0.1, -0.05) is 159 Å². The van der Waals surface area contributed by atoms with Gasteiger partial charge in [-0.3, -0.25) is 0 Å². The Morgan fingerprint density at radius 3 is 1.87 bits per heavy atom. The molecular weight excluding hydrogens is 667 g/mol. The van der Waals surface area contributed by atoms with Gasteiger partial charge < -0.3 is 9.32 Å². The Kier molecular flexibility index (Phi) is 6.93. The normalized spacial score (nSPS) is 13.1. The highest BCUT2D eigenvalue weighted by molar-refractivity contribution is 6.19. The van der Waals surface area contributed by atoms with Crippen molar-refractivity contribution < 1.29 is 4.42 Å².